The van der Waals surface area contributed by atoms with Gasteiger partial charge in [0.15, 0.2) is 46.4 Å². The molecule has 5 heterocycles. The van der Waals surface area contributed by atoms with Crippen molar-refractivity contribution in [2.45, 2.75) is 53.6 Å². The molecule has 278 valence electrons. The zero-order valence-corrected chi connectivity index (χ0v) is 32.3. The van der Waals surface area contributed by atoms with Crippen molar-refractivity contribution in [3.05, 3.63) is 103 Å². The number of thiophene rings is 3. The van der Waals surface area contributed by atoms with Gasteiger partial charge in [-0.05, 0) is 60.4 Å². The van der Waals surface area contributed by atoms with E-state index in [-0.39, 0.29) is 33.4 Å². The molecule has 0 amide bonds. The number of Topliss-reactive ketones (excluding diaryl/α,β-unsaturated/α-hetero) is 4. The van der Waals surface area contributed by atoms with Gasteiger partial charge in [0.25, 0.3) is 0 Å². The van der Waals surface area contributed by atoms with Crippen LogP contribution in [0.2, 0.25) is 0 Å². The number of carbonyl (C=O) groups is 4. The van der Waals surface area contributed by atoms with Gasteiger partial charge in [-0.2, -0.15) is 0 Å². The molecule has 0 fully saturated rings. The highest BCUT2D eigenvalue weighted by atomic mass is 32.1. The molecular formula is C42H30F4N2O4S3. The maximum Gasteiger partial charge on any atom is 0.197 e. The summed E-state index contributed by atoms with van der Waals surface area (Å²) < 4.78 is 64.8. The molecule has 5 aromatic heterocycles. The van der Waals surface area contributed by atoms with Crippen LogP contribution in [0.4, 0.5) is 17.6 Å². The number of aromatic nitrogens is 2. The van der Waals surface area contributed by atoms with Gasteiger partial charge in [0, 0.05) is 45.1 Å². The molecule has 9 rings (SSSR count). The maximum absolute atomic E-state index is 14.0. The summed E-state index contributed by atoms with van der Waals surface area (Å²) in [5.41, 5.74) is 3.23. The summed E-state index contributed by atoms with van der Waals surface area (Å²) in [4.78, 5) is 54.3. The molecule has 55 heavy (non-hydrogen) atoms. The molecule has 0 spiro atoms. The molecule has 13 heteroatoms. The number of allylic oxidation sites excluding steroid dienone is 2. The van der Waals surface area contributed by atoms with E-state index >= 15 is 0 Å². The summed E-state index contributed by atoms with van der Waals surface area (Å²) in [5.74, 6) is -6.66. The molecule has 0 bridgehead atoms. The molecular weight excluding hydrogens is 769 g/mol. The van der Waals surface area contributed by atoms with Gasteiger partial charge < -0.3 is 9.13 Å². The predicted molar refractivity (Wildman–Crippen MR) is 211 cm³/mol. The van der Waals surface area contributed by atoms with Crippen LogP contribution in [0.3, 0.4) is 0 Å². The molecule has 0 radical (unpaired) electrons. The summed E-state index contributed by atoms with van der Waals surface area (Å²) in [6.45, 7) is 10.1. The van der Waals surface area contributed by atoms with E-state index in [0.717, 1.165) is 78.0 Å². The Labute approximate surface area is 323 Å². The van der Waals surface area contributed by atoms with E-state index in [1.54, 1.807) is 11.3 Å². The van der Waals surface area contributed by atoms with E-state index < -0.39 is 46.4 Å². The maximum atomic E-state index is 14.0. The number of halogens is 4. The fourth-order valence-corrected chi connectivity index (χ4v) is 11.4. The van der Waals surface area contributed by atoms with Gasteiger partial charge in [-0.1, -0.05) is 40.5 Å². The minimum absolute atomic E-state index is 0.135. The Bertz CT molecular complexity index is 2690. The average molecular weight is 799 g/mol. The normalized spacial score (nSPS) is 15.5. The Balaban J connectivity index is 1.22. The van der Waals surface area contributed by atoms with Crippen LogP contribution >= 0.6 is 34.0 Å². The Hall–Kier alpha value is -4.98. The number of nitrogens with zero attached hydrogens (tertiary/aromatic N) is 2. The molecule has 2 aromatic carbocycles. The summed E-state index contributed by atoms with van der Waals surface area (Å²) >= 11 is 4.53. The third-order valence-electron chi connectivity index (χ3n) is 10.9. The minimum atomic E-state index is -1.19. The number of hydrogen-bond acceptors (Lipinski definition) is 7. The van der Waals surface area contributed by atoms with E-state index in [0.29, 0.717) is 34.7 Å². The Morgan fingerprint density at radius 2 is 0.855 bits per heavy atom. The van der Waals surface area contributed by atoms with Crippen molar-refractivity contribution in [1.82, 2.24) is 9.13 Å². The second-order valence-corrected chi connectivity index (χ2v) is 17.7. The monoisotopic (exact) mass is 798 g/mol. The first-order chi connectivity index (χ1) is 26.3. The van der Waals surface area contributed by atoms with Crippen LogP contribution in [-0.2, 0) is 13.1 Å². The molecule has 2 atom stereocenters. The van der Waals surface area contributed by atoms with Crippen molar-refractivity contribution in [3.63, 3.8) is 0 Å². The topological polar surface area (TPSA) is 78.1 Å². The van der Waals surface area contributed by atoms with E-state index in [1.165, 1.54) is 34.8 Å². The first-order valence-electron chi connectivity index (χ1n) is 17.9. The van der Waals surface area contributed by atoms with Crippen LogP contribution < -0.4 is 0 Å². The minimum Gasteiger partial charge on any atom is -0.337 e. The largest absolute Gasteiger partial charge is 0.337 e. The van der Waals surface area contributed by atoms with Gasteiger partial charge in [0.05, 0.1) is 52.0 Å². The molecule has 0 N–H and O–H groups in total. The lowest BCUT2D eigenvalue weighted by Gasteiger charge is -2.15. The van der Waals surface area contributed by atoms with Gasteiger partial charge in [-0.3, -0.25) is 19.2 Å². The van der Waals surface area contributed by atoms with Crippen molar-refractivity contribution >= 4 is 110 Å². The number of rotatable bonds is 8. The summed E-state index contributed by atoms with van der Waals surface area (Å²) in [5, 5.41) is 0. The fraction of sp³-hybridized carbons (Fsp3) is 0.238. The van der Waals surface area contributed by atoms with Gasteiger partial charge in [-0.25, -0.2) is 17.6 Å². The Kier molecular flexibility index (Phi) is 8.30. The van der Waals surface area contributed by atoms with Crippen LogP contribution in [0.15, 0.2) is 47.5 Å². The van der Waals surface area contributed by atoms with Crippen LogP contribution in [0, 0.1) is 35.1 Å². The zero-order valence-electron chi connectivity index (χ0n) is 29.9. The number of ketones is 4. The van der Waals surface area contributed by atoms with Crippen molar-refractivity contribution in [3.8, 4) is 0 Å². The van der Waals surface area contributed by atoms with Crippen LogP contribution in [0.1, 0.15) is 91.7 Å². The molecule has 0 saturated carbocycles. The lowest BCUT2D eigenvalue weighted by atomic mass is 10.1. The molecule has 6 nitrogen and oxygen atoms in total. The van der Waals surface area contributed by atoms with E-state index in [1.807, 2.05) is 12.1 Å². The van der Waals surface area contributed by atoms with Crippen molar-refractivity contribution in [1.29, 1.82) is 0 Å². The second-order valence-electron chi connectivity index (χ2n) is 14.5. The third kappa shape index (κ3) is 5.30. The van der Waals surface area contributed by atoms with E-state index in [4.69, 9.17) is 0 Å². The summed E-state index contributed by atoms with van der Waals surface area (Å²) in [6, 6.07) is 7.07. The van der Waals surface area contributed by atoms with Gasteiger partial charge in [0.1, 0.15) is 0 Å². The van der Waals surface area contributed by atoms with Gasteiger partial charge in [0.2, 0.25) is 0 Å². The number of carbonyl (C=O) groups excluding carboxylic acids is 4. The van der Waals surface area contributed by atoms with E-state index in [9.17, 15) is 36.7 Å². The van der Waals surface area contributed by atoms with Crippen LogP contribution in [0.25, 0.3) is 53.0 Å². The zero-order chi connectivity index (χ0) is 38.8. The average Bonchev–Trinajstić information content (AvgIpc) is 4.01. The standard InChI is InChI=1S/C42H30F4N2O4S3/c1-5-17(3)15-47-31-9-19(7-25-35(49)21-11-27(43)28(44)12-22(21)36(25)50)53-39(31)41-33(47)34-42(55-41)40-32(48(34)16-18(4)6-2)10-20(54-40)8-26-37(51)23-13-29(45)30(46)14-24(23)38(26)52/h7-14,17-18H,5-6,15-16H2,1-4H3. The molecule has 7 aromatic rings. The fourth-order valence-electron chi connectivity index (χ4n) is 7.57. The summed E-state index contributed by atoms with van der Waals surface area (Å²) in [6.07, 6.45) is 4.91. The van der Waals surface area contributed by atoms with Crippen molar-refractivity contribution in [2.75, 3.05) is 0 Å². The van der Waals surface area contributed by atoms with Crippen molar-refractivity contribution < 1.29 is 36.7 Å². The molecule has 2 unspecified atom stereocenters. The predicted octanol–water partition coefficient (Wildman–Crippen LogP) is 11.7. The SMILES string of the molecule is CCC(C)Cn1c2cc(C=C3C(=O)c4cc(F)c(F)cc4C3=O)sc2c2sc3c4sc(C=C5C(=O)c6cc(F)c(F)cc6C5=O)cc4n(CC(C)CC)c3c21. The first kappa shape index (κ1) is 35.7. The quantitative estimate of drug-likeness (QED) is 0.0871. The lowest BCUT2D eigenvalue weighted by Crippen LogP contribution is -2.09. The van der Waals surface area contributed by atoms with Gasteiger partial charge >= 0.3 is 0 Å². The molecule has 0 aliphatic heterocycles. The van der Waals surface area contributed by atoms with Crippen LogP contribution in [-0.4, -0.2) is 32.3 Å². The van der Waals surface area contributed by atoms with Gasteiger partial charge in [-0.15, -0.1) is 34.0 Å². The molecule has 0 saturated heterocycles. The highest BCUT2D eigenvalue weighted by molar-refractivity contribution is 7.34. The smallest absolute Gasteiger partial charge is 0.197 e. The third-order valence-corrected chi connectivity index (χ3v) is 14.5. The number of fused-ring (bicyclic) bond motifs is 9. The number of hydrogen-bond donors (Lipinski definition) is 0. The summed E-state index contributed by atoms with van der Waals surface area (Å²) in [7, 11) is 0. The lowest BCUT2D eigenvalue weighted by molar-refractivity contribution is 0.0975. The molecule has 2 aliphatic rings. The second kappa shape index (κ2) is 12.8. The Morgan fingerprint density at radius 3 is 1.16 bits per heavy atom. The number of benzene rings is 2. The first-order valence-corrected chi connectivity index (χ1v) is 20.3. The highest BCUT2D eigenvalue weighted by Gasteiger charge is 2.36. The highest BCUT2D eigenvalue weighted by Crippen LogP contribution is 2.50. The van der Waals surface area contributed by atoms with Crippen molar-refractivity contribution in [2.24, 2.45) is 11.8 Å². The molecule has 2 aliphatic carbocycles. The van der Waals surface area contributed by atoms with Crippen LogP contribution in [0.5, 0.6) is 0 Å². The Morgan fingerprint density at radius 1 is 0.527 bits per heavy atom. The van der Waals surface area contributed by atoms with E-state index in [2.05, 4.69) is 36.8 Å².